The second-order valence-electron chi connectivity index (χ2n) is 9.42. The standard InChI is InChI=1S/C29H24Cl3FN4O.ClH/c30-24-16-25(35-29(38)22-9-12-34-26(31)15-22)27(36-28(24)32)21-10-13-37(14-11-21)17-18-1-3-19(4-2-18)20-5-7-23(33)8-6-20;/h1-9,12,15-16,21H,10-11,13-14,17H2,(H,35,38);1H. The van der Waals surface area contributed by atoms with E-state index in [2.05, 4.69) is 39.6 Å². The lowest BCUT2D eigenvalue weighted by molar-refractivity contribution is -0.919. The molecule has 1 aliphatic rings. The van der Waals surface area contributed by atoms with Crippen molar-refractivity contribution in [2.24, 2.45) is 0 Å². The van der Waals surface area contributed by atoms with Gasteiger partial charge in [-0.25, -0.2) is 14.4 Å². The molecule has 0 spiro atoms. The number of nitrogens with zero attached hydrogens (tertiary/aromatic N) is 2. The van der Waals surface area contributed by atoms with Crippen molar-refractivity contribution in [3.8, 4) is 11.1 Å². The van der Waals surface area contributed by atoms with Crippen molar-refractivity contribution >= 4 is 46.4 Å². The van der Waals surface area contributed by atoms with Crippen LogP contribution in [0.1, 0.15) is 40.4 Å². The number of nitrogens with one attached hydrogen (secondary N) is 2. The van der Waals surface area contributed by atoms with Gasteiger partial charge in [-0.2, -0.15) is 0 Å². The molecule has 1 aliphatic heterocycles. The first kappa shape index (κ1) is 29.2. The Morgan fingerprint density at radius 3 is 2.23 bits per heavy atom. The number of piperidine rings is 1. The van der Waals surface area contributed by atoms with E-state index in [-0.39, 0.29) is 45.4 Å². The van der Waals surface area contributed by atoms with Crippen LogP contribution in [-0.2, 0) is 6.54 Å². The summed E-state index contributed by atoms with van der Waals surface area (Å²) in [5.74, 6) is -0.407. The third kappa shape index (κ3) is 7.27. The summed E-state index contributed by atoms with van der Waals surface area (Å²) in [5.41, 5.74) is 5.01. The van der Waals surface area contributed by atoms with E-state index in [4.69, 9.17) is 34.8 Å². The van der Waals surface area contributed by atoms with Crippen LogP contribution in [-0.4, -0.2) is 29.0 Å². The van der Waals surface area contributed by atoms with Crippen molar-refractivity contribution in [3.05, 3.63) is 111 Å². The number of anilines is 1. The first-order chi connectivity index (χ1) is 18.4. The molecule has 202 valence electrons. The SMILES string of the molecule is O=C(Nc1cc(Cl)c(Cl)nc1C1CC[NH+](Cc2ccc(-c3ccc(F)cc3)cc2)CC1)c1ccnc(Cl)c1.[Cl-]. The predicted molar refractivity (Wildman–Crippen MR) is 150 cm³/mol. The molecule has 1 amide bonds. The lowest BCUT2D eigenvalue weighted by Gasteiger charge is -2.30. The molecule has 0 unspecified atom stereocenters. The molecule has 39 heavy (non-hydrogen) atoms. The van der Waals surface area contributed by atoms with Crippen LogP contribution in [0.4, 0.5) is 10.1 Å². The number of pyridine rings is 2. The fourth-order valence-electron chi connectivity index (χ4n) is 4.85. The van der Waals surface area contributed by atoms with Crippen molar-refractivity contribution in [2.45, 2.75) is 25.3 Å². The van der Waals surface area contributed by atoms with Crippen LogP contribution in [0, 0.1) is 5.82 Å². The van der Waals surface area contributed by atoms with E-state index >= 15 is 0 Å². The molecule has 3 heterocycles. The first-order valence-electron chi connectivity index (χ1n) is 12.3. The lowest BCUT2D eigenvalue weighted by Crippen LogP contribution is -3.11. The Balaban J connectivity index is 0.00000353. The molecule has 5 rings (SSSR count). The van der Waals surface area contributed by atoms with Crippen LogP contribution in [0.2, 0.25) is 15.3 Å². The largest absolute Gasteiger partial charge is 1.00 e. The highest BCUT2D eigenvalue weighted by atomic mass is 35.5. The van der Waals surface area contributed by atoms with Gasteiger partial charge in [0.2, 0.25) is 0 Å². The highest BCUT2D eigenvalue weighted by Crippen LogP contribution is 2.34. The van der Waals surface area contributed by atoms with Crippen LogP contribution < -0.4 is 22.6 Å². The monoisotopic (exact) mass is 604 g/mol. The van der Waals surface area contributed by atoms with Gasteiger partial charge in [0.25, 0.3) is 5.91 Å². The maximum atomic E-state index is 13.2. The fraction of sp³-hybridized carbons (Fsp3) is 0.207. The van der Waals surface area contributed by atoms with Gasteiger partial charge in [0.1, 0.15) is 22.7 Å². The Labute approximate surface area is 247 Å². The predicted octanol–water partition coefficient (Wildman–Crippen LogP) is 3.46. The summed E-state index contributed by atoms with van der Waals surface area (Å²) in [6, 6.07) is 19.7. The number of quaternary nitrogens is 1. The van der Waals surface area contributed by atoms with Crippen molar-refractivity contribution < 1.29 is 26.5 Å². The summed E-state index contributed by atoms with van der Waals surface area (Å²) in [6.07, 6.45) is 3.29. The molecule has 2 aromatic heterocycles. The number of amides is 1. The molecule has 10 heteroatoms. The second kappa shape index (κ2) is 13.1. The normalized spacial score (nSPS) is 16.8. The molecular weight excluding hydrogens is 581 g/mol. The number of rotatable bonds is 6. The number of halogens is 5. The molecule has 0 atom stereocenters. The Morgan fingerprint density at radius 1 is 0.949 bits per heavy atom. The summed E-state index contributed by atoms with van der Waals surface area (Å²) in [4.78, 5) is 22.8. The van der Waals surface area contributed by atoms with E-state index in [1.54, 1.807) is 24.3 Å². The average molecular weight is 606 g/mol. The highest BCUT2D eigenvalue weighted by molar-refractivity contribution is 6.41. The number of likely N-dealkylation sites (tertiary alicyclic amines) is 1. The summed E-state index contributed by atoms with van der Waals surface area (Å²) in [5, 5.41) is 3.68. The van der Waals surface area contributed by atoms with Gasteiger partial charge in [-0.1, -0.05) is 71.2 Å². The zero-order chi connectivity index (χ0) is 26.6. The minimum absolute atomic E-state index is 0. The van der Waals surface area contributed by atoms with Gasteiger partial charge in [0.05, 0.1) is 29.5 Å². The minimum Gasteiger partial charge on any atom is -1.00 e. The van der Waals surface area contributed by atoms with Crippen LogP contribution in [0.3, 0.4) is 0 Å². The highest BCUT2D eigenvalue weighted by Gasteiger charge is 2.28. The minimum atomic E-state index is -0.317. The molecule has 0 saturated carbocycles. The van der Waals surface area contributed by atoms with Crippen LogP contribution in [0.25, 0.3) is 11.1 Å². The van der Waals surface area contributed by atoms with Crippen molar-refractivity contribution in [3.63, 3.8) is 0 Å². The average Bonchev–Trinajstić information content (AvgIpc) is 2.92. The molecular formula is C29H25Cl4FN4O. The summed E-state index contributed by atoms with van der Waals surface area (Å²) in [7, 11) is 0. The number of hydrogen-bond acceptors (Lipinski definition) is 3. The molecule has 2 aromatic carbocycles. The third-order valence-corrected chi connectivity index (χ3v) is 7.74. The Hall–Kier alpha value is -2.74. The van der Waals surface area contributed by atoms with Crippen molar-refractivity contribution in [1.82, 2.24) is 9.97 Å². The van der Waals surface area contributed by atoms with Gasteiger partial charge < -0.3 is 22.6 Å². The maximum absolute atomic E-state index is 13.2. The van der Waals surface area contributed by atoms with E-state index in [0.29, 0.717) is 11.3 Å². The molecule has 1 saturated heterocycles. The molecule has 2 N–H and O–H groups in total. The molecule has 1 fully saturated rings. The van der Waals surface area contributed by atoms with Crippen molar-refractivity contribution in [2.75, 3.05) is 18.4 Å². The second-order valence-corrected chi connectivity index (χ2v) is 10.6. The van der Waals surface area contributed by atoms with Gasteiger partial charge >= 0.3 is 0 Å². The van der Waals surface area contributed by atoms with E-state index < -0.39 is 0 Å². The number of benzene rings is 2. The number of carbonyl (C=O) groups is 1. The summed E-state index contributed by atoms with van der Waals surface area (Å²) in [6.45, 7) is 2.83. The molecule has 0 radical (unpaired) electrons. The molecule has 0 aliphatic carbocycles. The topological polar surface area (TPSA) is 59.3 Å². The van der Waals surface area contributed by atoms with Gasteiger partial charge in [0.15, 0.2) is 0 Å². The zero-order valence-corrected chi connectivity index (χ0v) is 23.8. The van der Waals surface area contributed by atoms with Crippen LogP contribution in [0.15, 0.2) is 72.9 Å². The Kier molecular flexibility index (Phi) is 9.81. The molecule has 0 bridgehead atoms. The van der Waals surface area contributed by atoms with Gasteiger partial charge in [-0.05, 0) is 41.5 Å². The first-order valence-corrected chi connectivity index (χ1v) is 13.5. The van der Waals surface area contributed by atoms with E-state index in [9.17, 15) is 9.18 Å². The number of carbonyl (C=O) groups excluding carboxylic acids is 1. The van der Waals surface area contributed by atoms with Crippen LogP contribution >= 0.6 is 34.8 Å². The Morgan fingerprint density at radius 2 is 1.59 bits per heavy atom. The van der Waals surface area contributed by atoms with E-state index in [1.807, 2.05) is 0 Å². The summed E-state index contributed by atoms with van der Waals surface area (Å²) >= 11 is 18.5. The quantitative estimate of drug-likeness (QED) is 0.331. The third-order valence-electron chi connectivity index (χ3n) is 6.86. The van der Waals surface area contributed by atoms with Gasteiger partial charge in [-0.15, -0.1) is 0 Å². The molecule has 5 nitrogen and oxygen atoms in total. The van der Waals surface area contributed by atoms with Crippen molar-refractivity contribution in [1.29, 1.82) is 0 Å². The number of aromatic nitrogens is 2. The summed E-state index contributed by atoms with van der Waals surface area (Å²) < 4.78 is 13.2. The van der Waals surface area contributed by atoms with E-state index in [1.165, 1.54) is 34.9 Å². The Bertz CT molecular complexity index is 1440. The lowest BCUT2D eigenvalue weighted by atomic mass is 9.91. The van der Waals surface area contributed by atoms with Gasteiger partial charge in [-0.3, -0.25) is 4.79 Å². The van der Waals surface area contributed by atoms with E-state index in [0.717, 1.165) is 49.3 Å². The van der Waals surface area contributed by atoms with Crippen LogP contribution in [0.5, 0.6) is 0 Å². The van der Waals surface area contributed by atoms with Gasteiger partial charge in [0, 0.05) is 36.1 Å². The number of hydrogen-bond donors (Lipinski definition) is 2. The molecule has 4 aromatic rings. The maximum Gasteiger partial charge on any atom is 0.255 e. The zero-order valence-electron chi connectivity index (χ0n) is 20.7. The fourth-order valence-corrected chi connectivity index (χ4v) is 5.32. The smallest absolute Gasteiger partial charge is 0.255 e.